The number of halogens is 1. The van der Waals surface area contributed by atoms with E-state index in [-0.39, 0.29) is 24.0 Å². The van der Waals surface area contributed by atoms with E-state index < -0.39 is 5.97 Å². The highest BCUT2D eigenvalue weighted by molar-refractivity contribution is 8.00. The summed E-state index contributed by atoms with van der Waals surface area (Å²) in [6, 6.07) is 5.85. The topological polar surface area (TPSA) is 84.2 Å². The summed E-state index contributed by atoms with van der Waals surface area (Å²) in [5, 5.41) is 15.0. The maximum absolute atomic E-state index is 12.7. The summed E-state index contributed by atoms with van der Waals surface area (Å²) >= 11 is 1.27. The second-order valence-electron chi connectivity index (χ2n) is 4.11. The van der Waals surface area contributed by atoms with Crippen LogP contribution in [0.25, 0.3) is 0 Å². The number of benzene rings is 1. The molecule has 1 aromatic heterocycles. The third-order valence-corrected chi connectivity index (χ3v) is 3.41. The normalized spacial score (nSPS) is 10.3. The number of carboxylic acid groups (broad SMARTS) is 1. The van der Waals surface area contributed by atoms with E-state index in [0.29, 0.717) is 5.69 Å². The molecule has 2 rings (SSSR count). The lowest BCUT2D eigenvalue weighted by Crippen LogP contribution is -2.13. The Morgan fingerprint density at radius 1 is 1.33 bits per heavy atom. The van der Waals surface area contributed by atoms with Crippen LogP contribution in [0.15, 0.2) is 41.6 Å². The third kappa shape index (κ3) is 4.92. The summed E-state index contributed by atoms with van der Waals surface area (Å²) in [5.74, 6) is -1.42. The first kappa shape index (κ1) is 15.0. The van der Waals surface area contributed by atoms with Crippen LogP contribution in [0.4, 0.5) is 10.1 Å². The van der Waals surface area contributed by atoms with Gasteiger partial charge >= 0.3 is 5.97 Å². The van der Waals surface area contributed by atoms with E-state index in [4.69, 9.17) is 5.11 Å². The second kappa shape index (κ2) is 6.89. The number of nitrogens with one attached hydrogen (secondary N) is 1. The van der Waals surface area contributed by atoms with E-state index in [1.165, 1.54) is 41.0 Å². The molecule has 0 saturated carbocycles. The van der Waals surface area contributed by atoms with Crippen molar-refractivity contribution >= 4 is 29.3 Å². The van der Waals surface area contributed by atoms with Gasteiger partial charge in [0.25, 0.3) is 0 Å². The Hall–Kier alpha value is -2.35. The number of thioether (sulfide) groups is 1. The SMILES string of the molecule is O=C(O)Cn1cc(NC(=O)CSc2ccc(F)cc2)cn1. The lowest BCUT2D eigenvalue weighted by molar-refractivity contribution is -0.137. The molecule has 8 heteroatoms. The third-order valence-electron chi connectivity index (χ3n) is 2.40. The Labute approximate surface area is 124 Å². The molecule has 1 heterocycles. The van der Waals surface area contributed by atoms with Crippen LogP contribution in [0.2, 0.25) is 0 Å². The number of anilines is 1. The van der Waals surface area contributed by atoms with Gasteiger partial charge in [-0.3, -0.25) is 14.3 Å². The highest BCUT2D eigenvalue weighted by Gasteiger charge is 2.07. The summed E-state index contributed by atoms with van der Waals surface area (Å²) < 4.78 is 13.9. The monoisotopic (exact) mass is 309 g/mol. The molecule has 110 valence electrons. The van der Waals surface area contributed by atoms with Gasteiger partial charge in [-0.1, -0.05) is 0 Å². The zero-order valence-corrected chi connectivity index (χ0v) is 11.6. The number of hydrogen-bond donors (Lipinski definition) is 2. The van der Waals surface area contributed by atoms with Gasteiger partial charge in [-0.05, 0) is 24.3 Å². The van der Waals surface area contributed by atoms with Crippen molar-refractivity contribution in [2.24, 2.45) is 0 Å². The van der Waals surface area contributed by atoms with E-state index in [9.17, 15) is 14.0 Å². The smallest absolute Gasteiger partial charge is 0.325 e. The predicted octanol–water partition coefficient (Wildman–Crippen LogP) is 1.84. The Kier molecular flexibility index (Phi) is 4.94. The van der Waals surface area contributed by atoms with Crippen LogP contribution < -0.4 is 5.32 Å². The summed E-state index contributed by atoms with van der Waals surface area (Å²) in [4.78, 5) is 23.0. The maximum Gasteiger partial charge on any atom is 0.325 e. The molecule has 1 amide bonds. The van der Waals surface area contributed by atoms with Gasteiger partial charge in [0, 0.05) is 11.1 Å². The number of nitrogens with zero attached hydrogens (tertiary/aromatic N) is 2. The summed E-state index contributed by atoms with van der Waals surface area (Å²) in [5.41, 5.74) is 0.431. The predicted molar refractivity (Wildman–Crippen MR) is 75.6 cm³/mol. The number of carbonyl (C=O) groups is 2. The molecular formula is C13H12FN3O3S. The van der Waals surface area contributed by atoms with Crippen LogP contribution in [-0.2, 0) is 16.1 Å². The Morgan fingerprint density at radius 3 is 2.71 bits per heavy atom. The molecule has 0 spiro atoms. The molecule has 0 aliphatic rings. The number of amides is 1. The van der Waals surface area contributed by atoms with Crippen LogP contribution in [0.1, 0.15) is 0 Å². The average Bonchev–Trinajstić information content (AvgIpc) is 2.84. The van der Waals surface area contributed by atoms with E-state index >= 15 is 0 Å². The van der Waals surface area contributed by atoms with Gasteiger partial charge in [-0.25, -0.2) is 4.39 Å². The fraction of sp³-hybridized carbons (Fsp3) is 0.154. The van der Waals surface area contributed by atoms with Crippen LogP contribution in [0, 0.1) is 5.82 Å². The van der Waals surface area contributed by atoms with Crippen LogP contribution >= 0.6 is 11.8 Å². The van der Waals surface area contributed by atoms with Gasteiger partial charge in [0.15, 0.2) is 0 Å². The van der Waals surface area contributed by atoms with Crippen LogP contribution in [0.3, 0.4) is 0 Å². The van der Waals surface area contributed by atoms with Crippen LogP contribution in [-0.4, -0.2) is 32.5 Å². The summed E-state index contributed by atoms with van der Waals surface area (Å²) in [6.07, 6.45) is 2.82. The van der Waals surface area contributed by atoms with Gasteiger partial charge < -0.3 is 10.4 Å². The molecule has 21 heavy (non-hydrogen) atoms. The Bertz CT molecular complexity index is 642. The number of carbonyl (C=O) groups excluding carboxylic acids is 1. The molecule has 0 bridgehead atoms. The van der Waals surface area contributed by atoms with Crippen molar-refractivity contribution in [2.75, 3.05) is 11.1 Å². The van der Waals surface area contributed by atoms with Gasteiger partial charge in [0.05, 0.1) is 17.6 Å². The minimum Gasteiger partial charge on any atom is -0.480 e. The first-order valence-corrected chi connectivity index (χ1v) is 6.94. The number of rotatable bonds is 6. The van der Waals surface area contributed by atoms with Gasteiger partial charge in [-0.15, -0.1) is 11.8 Å². The molecule has 0 radical (unpaired) electrons. The van der Waals surface area contributed by atoms with Crippen molar-refractivity contribution in [2.45, 2.75) is 11.4 Å². The molecule has 0 unspecified atom stereocenters. The van der Waals surface area contributed by atoms with E-state index in [1.54, 1.807) is 12.1 Å². The van der Waals surface area contributed by atoms with E-state index in [2.05, 4.69) is 10.4 Å². The van der Waals surface area contributed by atoms with E-state index in [0.717, 1.165) is 4.90 Å². The van der Waals surface area contributed by atoms with Gasteiger partial charge in [-0.2, -0.15) is 5.10 Å². The quantitative estimate of drug-likeness (QED) is 0.795. The fourth-order valence-electron chi connectivity index (χ4n) is 1.53. The second-order valence-corrected chi connectivity index (χ2v) is 5.16. The minimum atomic E-state index is -1.01. The maximum atomic E-state index is 12.7. The minimum absolute atomic E-state index is 0.162. The van der Waals surface area contributed by atoms with E-state index in [1.807, 2.05) is 0 Å². The van der Waals surface area contributed by atoms with Crippen molar-refractivity contribution in [1.82, 2.24) is 9.78 Å². The molecule has 0 aliphatic heterocycles. The number of hydrogen-bond acceptors (Lipinski definition) is 4. The molecule has 2 N–H and O–H groups in total. The number of aliphatic carboxylic acids is 1. The lowest BCUT2D eigenvalue weighted by atomic mass is 10.4. The molecule has 6 nitrogen and oxygen atoms in total. The zero-order chi connectivity index (χ0) is 15.2. The number of carboxylic acids is 1. The van der Waals surface area contributed by atoms with Crippen molar-refractivity contribution < 1.29 is 19.1 Å². The van der Waals surface area contributed by atoms with Crippen molar-refractivity contribution in [3.63, 3.8) is 0 Å². The molecule has 0 fully saturated rings. The van der Waals surface area contributed by atoms with Crippen LogP contribution in [0.5, 0.6) is 0 Å². The molecular weight excluding hydrogens is 297 g/mol. The molecule has 2 aromatic rings. The van der Waals surface area contributed by atoms with Gasteiger partial charge in [0.1, 0.15) is 12.4 Å². The number of aromatic nitrogens is 2. The largest absolute Gasteiger partial charge is 0.480 e. The fourth-order valence-corrected chi connectivity index (χ4v) is 2.23. The average molecular weight is 309 g/mol. The summed E-state index contributed by atoms with van der Waals surface area (Å²) in [6.45, 7) is -0.264. The zero-order valence-electron chi connectivity index (χ0n) is 10.8. The first-order chi connectivity index (χ1) is 10.0. The Morgan fingerprint density at radius 2 is 2.05 bits per heavy atom. The van der Waals surface area contributed by atoms with Crippen molar-refractivity contribution in [1.29, 1.82) is 0 Å². The standard InChI is InChI=1S/C13H12FN3O3S/c14-9-1-3-11(4-2-9)21-8-12(18)16-10-5-15-17(6-10)7-13(19)20/h1-6H,7-8H2,(H,16,18)(H,19,20). The van der Waals surface area contributed by atoms with Crippen molar-refractivity contribution in [3.05, 3.63) is 42.5 Å². The highest BCUT2D eigenvalue weighted by atomic mass is 32.2. The molecule has 0 aliphatic carbocycles. The highest BCUT2D eigenvalue weighted by Crippen LogP contribution is 2.18. The molecule has 0 atom stereocenters. The molecule has 0 saturated heterocycles. The van der Waals surface area contributed by atoms with Crippen molar-refractivity contribution in [3.8, 4) is 0 Å². The van der Waals surface area contributed by atoms with Gasteiger partial charge in [0.2, 0.25) is 5.91 Å². The first-order valence-electron chi connectivity index (χ1n) is 5.95. The summed E-state index contributed by atoms with van der Waals surface area (Å²) in [7, 11) is 0. The lowest BCUT2D eigenvalue weighted by Gasteiger charge is -2.02. The molecule has 1 aromatic carbocycles. The Balaban J connectivity index is 1.82.